The number of nitro groups is 1. The monoisotopic (exact) mass is 462 g/mol. The number of alkyl carbamates (subject to hydrolysis) is 1. The number of hydrogen-bond acceptors (Lipinski definition) is 8. The highest BCUT2D eigenvalue weighted by Crippen LogP contribution is 2.20. The van der Waals surface area contributed by atoms with Gasteiger partial charge in [-0.25, -0.2) is 9.59 Å². The van der Waals surface area contributed by atoms with E-state index >= 15 is 0 Å². The molecule has 2 aromatic rings. The summed E-state index contributed by atoms with van der Waals surface area (Å²) < 4.78 is 15.7. The molecule has 0 unspecified atom stereocenters. The first-order chi connectivity index (χ1) is 15.1. The molecular weight excluding hydrogens is 436 g/mol. The van der Waals surface area contributed by atoms with Crippen LogP contribution in [0.25, 0.3) is 0 Å². The van der Waals surface area contributed by atoms with Crippen molar-refractivity contribution in [1.29, 1.82) is 0 Å². The van der Waals surface area contributed by atoms with Crippen LogP contribution in [0.2, 0.25) is 0 Å². The largest absolute Gasteiger partial charge is 0.497 e. The third-order valence-electron chi connectivity index (χ3n) is 3.95. The summed E-state index contributed by atoms with van der Waals surface area (Å²) in [5.74, 6) is 1.01. The normalized spacial score (nSPS) is 11.9. The lowest BCUT2D eigenvalue weighted by Gasteiger charge is -2.22. The number of carbonyl (C=O) groups excluding carboxylic acids is 2. The first-order valence-corrected chi connectivity index (χ1v) is 10.9. The summed E-state index contributed by atoms with van der Waals surface area (Å²) in [5, 5.41) is 13.3. The van der Waals surface area contributed by atoms with Gasteiger partial charge in [0.1, 0.15) is 23.1 Å². The van der Waals surface area contributed by atoms with Crippen molar-refractivity contribution in [3.8, 4) is 11.5 Å². The predicted octanol–water partition coefficient (Wildman–Crippen LogP) is 4.34. The van der Waals surface area contributed by atoms with Gasteiger partial charge in [0.15, 0.2) is 0 Å². The zero-order valence-corrected chi connectivity index (χ0v) is 19.1. The summed E-state index contributed by atoms with van der Waals surface area (Å²) in [7, 11) is 1.59. The number of amides is 1. The van der Waals surface area contributed by atoms with Crippen LogP contribution in [-0.4, -0.2) is 41.5 Å². The zero-order chi connectivity index (χ0) is 23.7. The molecule has 0 aromatic heterocycles. The first kappa shape index (κ1) is 25.0. The second-order valence-electron chi connectivity index (χ2n) is 7.73. The van der Waals surface area contributed by atoms with Gasteiger partial charge in [0, 0.05) is 23.6 Å². The van der Waals surface area contributed by atoms with Gasteiger partial charge in [-0.1, -0.05) is 12.1 Å². The van der Waals surface area contributed by atoms with E-state index in [2.05, 4.69) is 5.32 Å². The minimum Gasteiger partial charge on any atom is -0.497 e. The van der Waals surface area contributed by atoms with Crippen molar-refractivity contribution in [1.82, 2.24) is 5.32 Å². The lowest BCUT2D eigenvalue weighted by atomic mass is 10.2. The van der Waals surface area contributed by atoms with E-state index in [1.165, 1.54) is 36.0 Å². The summed E-state index contributed by atoms with van der Waals surface area (Å²) >= 11 is 1.43. The predicted molar refractivity (Wildman–Crippen MR) is 121 cm³/mol. The molecule has 0 saturated carbocycles. The van der Waals surface area contributed by atoms with E-state index in [9.17, 15) is 19.7 Å². The van der Waals surface area contributed by atoms with Crippen LogP contribution in [0.15, 0.2) is 48.5 Å². The first-order valence-electron chi connectivity index (χ1n) is 9.74. The molecule has 10 heteroatoms. The third-order valence-corrected chi connectivity index (χ3v) is 5.06. The number of benzene rings is 2. The Morgan fingerprint density at radius 1 is 1.06 bits per heavy atom. The second-order valence-corrected chi connectivity index (χ2v) is 8.76. The topological polar surface area (TPSA) is 117 Å². The van der Waals surface area contributed by atoms with E-state index in [0.717, 1.165) is 11.3 Å². The zero-order valence-electron chi connectivity index (χ0n) is 18.3. The van der Waals surface area contributed by atoms with E-state index in [1.807, 2.05) is 24.3 Å². The van der Waals surface area contributed by atoms with Crippen molar-refractivity contribution in [2.75, 3.05) is 12.9 Å². The molecule has 0 spiro atoms. The van der Waals surface area contributed by atoms with Gasteiger partial charge in [-0.05, 0) is 50.6 Å². The highest BCUT2D eigenvalue weighted by Gasteiger charge is 2.26. The number of non-ortho nitro benzene ring substituents is 1. The molecule has 0 aliphatic carbocycles. The average molecular weight is 463 g/mol. The molecule has 1 amide bonds. The van der Waals surface area contributed by atoms with Crippen molar-refractivity contribution >= 4 is 29.5 Å². The van der Waals surface area contributed by atoms with E-state index in [-0.39, 0.29) is 17.2 Å². The van der Waals surface area contributed by atoms with E-state index in [4.69, 9.17) is 14.2 Å². The molecule has 2 aromatic carbocycles. The number of methoxy groups -OCH3 is 1. The number of ether oxygens (including phenoxy) is 3. The Hall–Kier alpha value is -3.27. The van der Waals surface area contributed by atoms with Crippen LogP contribution in [0, 0.1) is 10.1 Å². The van der Waals surface area contributed by atoms with Crippen molar-refractivity contribution in [3.05, 3.63) is 64.2 Å². The van der Waals surface area contributed by atoms with Crippen molar-refractivity contribution in [2.45, 2.75) is 38.2 Å². The molecule has 0 fully saturated rings. The molecule has 0 aliphatic rings. The minimum absolute atomic E-state index is 0.122. The average Bonchev–Trinajstić information content (AvgIpc) is 2.72. The number of carbonyl (C=O) groups is 2. The molecule has 0 radical (unpaired) electrons. The van der Waals surface area contributed by atoms with Crippen molar-refractivity contribution in [2.24, 2.45) is 0 Å². The maximum absolute atomic E-state index is 12.7. The number of hydrogen-bond donors (Lipinski definition) is 1. The molecule has 172 valence electrons. The van der Waals surface area contributed by atoms with Crippen LogP contribution in [-0.2, 0) is 15.3 Å². The fourth-order valence-corrected chi connectivity index (χ4v) is 3.46. The third kappa shape index (κ3) is 8.46. The van der Waals surface area contributed by atoms with Gasteiger partial charge in [-0.3, -0.25) is 10.1 Å². The van der Waals surface area contributed by atoms with Crippen LogP contribution in [0.1, 0.15) is 26.3 Å². The number of nitro benzene ring substituents is 1. The van der Waals surface area contributed by atoms with Gasteiger partial charge in [-0.15, -0.1) is 0 Å². The number of rotatable bonds is 9. The molecule has 1 N–H and O–H groups in total. The molecule has 1 atom stereocenters. The minimum atomic E-state index is -0.983. The van der Waals surface area contributed by atoms with E-state index in [0.29, 0.717) is 5.75 Å². The summed E-state index contributed by atoms with van der Waals surface area (Å²) in [6.45, 7) is 5.15. The summed E-state index contributed by atoms with van der Waals surface area (Å²) in [6, 6.07) is 11.6. The van der Waals surface area contributed by atoms with Gasteiger partial charge in [0.25, 0.3) is 5.69 Å². The summed E-state index contributed by atoms with van der Waals surface area (Å²) in [6.07, 6.45) is -0.742. The van der Waals surface area contributed by atoms with Gasteiger partial charge < -0.3 is 19.5 Å². The number of thioether (sulfide) groups is 1. The fourth-order valence-electron chi connectivity index (χ4n) is 2.46. The molecule has 2 rings (SSSR count). The summed E-state index contributed by atoms with van der Waals surface area (Å²) in [5.41, 5.74) is 0.173. The van der Waals surface area contributed by atoms with Gasteiger partial charge >= 0.3 is 12.1 Å². The Kier molecular flexibility index (Phi) is 8.89. The van der Waals surface area contributed by atoms with Crippen molar-refractivity contribution in [3.63, 3.8) is 0 Å². The van der Waals surface area contributed by atoms with Crippen LogP contribution < -0.4 is 14.8 Å². The van der Waals surface area contributed by atoms with Gasteiger partial charge in [-0.2, -0.15) is 11.8 Å². The Balaban J connectivity index is 2.03. The molecule has 32 heavy (non-hydrogen) atoms. The van der Waals surface area contributed by atoms with Crippen LogP contribution in [0.5, 0.6) is 11.5 Å². The van der Waals surface area contributed by atoms with Gasteiger partial charge in [0.05, 0.1) is 12.0 Å². The van der Waals surface area contributed by atoms with E-state index in [1.54, 1.807) is 27.9 Å². The standard InChI is InChI=1S/C22H26N2O7S/c1-22(2,3)31-21(26)23-19(14-32-13-15-5-9-17(29-4)10-6-15)20(25)30-18-11-7-16(8-12-18)24(27)28/h5-12,19H,13-14H2,1-4H3,(H,23,26)/t19-/m0/s1. The smallest absolute Gasteiger partial charge is 0.408 e. The Morgan fingerprint density at radius 2 is 1.66 bits per heavy atom. The maximum atomic E-state index is 12.7. The van der Waals surface area contributed by atoms with Crippen molar-refractivity contribution < 1.29 is 28.7 Å². The molecule has 0 heterocycles. The highest BCUT2D eigenvalue weighted by atomic mass is 32.2. The molecule has 0 bridgehead atoms. The Morgan fingerprint density at radius 3 is 2.19 bits per heavy atom. The summed E-state index contributed by atoms with van der Waals surface area (Å²) in [4.78, 5) is 35.1. The SMILES string of the molecule is COc1ccc(CSC[C@H](NC(=O)OC(C)(C)C)C(=O)Oc2ccc([N+](=O)[O-])cc2)cc1. The van der Waals surface area contributed by atoms with E-state index < -0.39 is 28.6 Å². The van der Waals surface area contributed by atoms with Crippen LogP contribution in [0.3, 0.4) is 0 Å². The Bertz CT molecular complexity index is 925. The molecule has 9 nitrogen and oxygen atoms in total. The Labute approximate surface area is 190 Å². The molecule has 0 aliphatic heterocycles. The molecule has 0 saturated heterocycles. The number of esters is 1. The lowest BCUT2D eigenvalue weighted by Crippen LogP contribution is -2.46. The number of nitrogens with zero attached hydrogens (tertiary/aromatic N) is 1. The van der Waals surface area contributed by atoms with Gasteiger partial charge in [0.2, 0.25) is 0 Å². The molecular formula is C22H26N2O7S. The quantitative estimate of drug-likeness (QED) is 0.253. The fraction of sp³-hybridized carbons (Fsp3) is 0.364. The van der Waals surface area contributed by atoms with Crippen LogP contribution >= 0.6 is 11.8 Å². The number of nitrogens with one attached hydrogen (secondary N) is 1. The lowest BCUT2D eigenvalue weighted by molar-refractivity contribution is -0.384. The second kappa shape index (κ2) is 11.4. The maximum Gasteiger partial charge on any atom is 0.408 e. The van der Waals surface area contributed by atoms with Crippen LogP contribution in [0.4, 0.5) is 10.5 Å². The highest BCUT2D eigenvalue weighted by molar-refractivity contribution is 7.98.